The van der Waals surface area contributed by atoms with E-state index >= 15 is 0 Å². The van der Waals surface area contributed by atoms with Crippen molar-refractivity contribution in [2.75, 3.05) is 13.2 Å². The van der Waals surface area contributed by atoms with Gasteiger partial charge in [0, 0.05) is 12.1 Å². The van der Waals surface area contributed by atoms with Crippen molar-refractivity contribution in [1.82, 2.24) is 5.32 Å². The van der Waals surface area contributed by atoms with Crippen LogP contribution in [0.4, 0.5) is 13.2 Å². The number of aliphatic hydroxyl groups excluding tert-OH is 1. The molecule has 0 amide bonds. The van der Waals surface area contributed by atoms with Crippen LogP contribution in [-0.4, -0.2) is 41.0 Å². The molecule has 0 rings (SSSR count). The molecule has 0 aromatic rings. The number of rotatable bonds is 5. The van der Waals surface area contributed by atoms with E-state index in [2.05, 4.69) is 5.32 Å². The molecule has 15 heavy (non-hydrogen) atoms. The predicted octanol–water partition coefficient (Wildman–Crippen LogP) is 0.610. The van der Waals surface area contributed by atoms with Crippen LogP contribution in [0, 0.1) is 5.92 Å². The van der Waals surface area contributed by atoms with Gasteiger partial charge in [-0.3, -0.25) is 4.79 Å². The Kier molecular flexibility index (Phi) is 4.54. The highest BCUT2D eigenvalue weighted by atomic mass is 19.4. The molecule has 0 aromatic carbocycles. The number of aliphatic hydroxyl groups is 1. The average molecular weight is 229 g/mol. The molecule has 0 aliphatic rings. The Morgan fingerprint density at radius 1 is 1.40 bits per heavy atom. The van der Waals surface area contributed by atoms with E-state index in [0.717, 1.165) is 0 Å². The van der Waals surface area contributed by atoms with Crippen LogP contribution in [0.25, 0.3) is 0 Å². The monoisotopic (exact) mass is 229 g/mol. The fraction of sp³-hybridized carbons (Fsp3) is 0.875. The van der Waals surface area contributed by atoms with Crippen molar-refractivity contribution in [3.63, 3.8) is 0 Å². The minimum Gasteiger partial charge on any atom is -0.481 e. The first kappa shape index (κ1) is 14.2. The summed E-state index contributed by atoms with van der Waals surface area (Å²) in [5.74, 6) is -4.38. The molecule has 7 heteroatoms. The number of nitrogens with one attached hydrogen (secondary N) is 1. The lowest BCUT2D eigenvalue weighted by Gasteiger charge is -2.26. The third kappa shape index (κ3) is 4.98. The Labute approximate surface area is 85.1 Å². The van der Waals surface area contributed by atoms with E-state index in [9.17, 15) is 18.0 Å². The summed E-state index contributed by atoms with van der Waals surface area (Å²) in [5, 5.41) is 19.5. The van der Waals surface area contributed by atoms with Gasteiger partial charge >= 0.3 is 12.1 Å². The molecule has 0 aliphatic carbocycles. The van der Waals surface area contributed by atoms with E-state index in [4.69, 9.17) is 10.2 Å². The molecule has 0 aromatic heterocycles. The first-order valence-corrected chi connectivity index (χ1v) is 4.25. The summed E-state index contributed by atoms with van der Waals surface area (Å²) < 4.78 is 36.5. The van der Waals surface area contributed by atoms with Crippen LogP contribution >= 0.6 is 0 Å². The molecule has 3 N–H and O–H groups in total. The molecule has 0 aliphatic heterocycles. The lowest BCUT2D eigenvalue weighted by molar-refractivity contribution is -0.193. The fourth-order valence-electron chi connectivity index (χ4n) is 0.777. The Hall–Kier alpha value is -0.820. The second kappa shape index (κ2) is 4.80. The van der Waals surface area contributed by atoms with Crippen molar-refractivity contribution < 1.29 is 28.2 Å². The summed E-state index contributed by atoms with van der Waals surface area (Å²) >= 11 is 0. The summed E-state index contributed by atoms with van der Waals surface area (Å²) in [6.45, 7) is 1.81. The SMILES string of the molecule is CC(C)(CO)NCC(C(=O)O)C(F)(F)F. The predicted molar refractivity (Wildman–Crippen MR) is 46.3 cm³/mol. The molecule has 0 spiro atoms. The summed E-state index contributed by atoms with van der Waals surface area (Å²) in [6, 6.07) is 0. The molecular weight excluding hydrogens is 215 g/mol. The normalized spacial score (nSPS) is 15.1. The highest BCUT2D eigenvalue weighted by molar-refractivity contribution is 5.71. The first-order valence-electron chi connectivity index (χ1n) is 4.25. The van der Waals surface area contributed by atoms with Gasteiger partial charge in [0.2, 0.25) is 0 Å². The van der Waals surface area contributed by atoms with Crippen LogP contribution in [0.3, 0.4) is 0 Å². The Balaban J connectivity index is 4.40. The van der Waals surface area contributed by atoms with Crippen LogP contribution in [0.1, 0.15) is 13.8 Å². The van der Waals surface area contributed by atoms with E-state index in [1.165, 1.54) is 13.8 Å². The minimum atomic E-state index is -4.79. The Morgan fingerprint density at radius 3 is 2.13 bits per heavy atom. The number of alkyl halides is 3. The van der Waals surface area contributed by atoms with E-state index in [1.54, 1.807) is 0 Å². The highest BCUT2D eigenvalue weighted by Crippen LogP contribution is 2.26. The molecule has 0 saturated heterocycles. The van der Waals surface area contributed by atoms with Gasteiger partial charge in [-0.15, -0.1) is 0 Å². The molecule has 0 saturated carbocycles. The van der Waals surface area contributed by atoms with E-state index < -0.39 is 30.1 Å². The van der Waals surface area contributed by atoms with Crippen molar-refractivity contribution in [3.05, 3.63) is 0 Å². The lowest BCUT2D eigenvalue weighted by Crippen LogP contribution is -2.49. The third-order valence-electron chi connectivity index (χ3n) is 1.87. The highest BCUT2D eigenvalue weighted by Gasteiger charge is 2.45. The van der Waals surface area contributed by atoms with Gasteiger partial charge in [-0.2, -0.15) is 13.2 Å². The molecular formula is C8H14F3NO3. The Bertz CT molecular complexity index is 228. The maximum Gasteiger partial charge on any atom is 0.403 e. The van der Waals surface area contributed by atoms with E-state index in [0.29, 0.717) is 0 Å². The van der Waals surface area contributed by atoms with Gasteiger partial charge < -0.3 is 15.5 Å². The summed E-state index contributed by atoms with van der Waals surface area (Å²) in [7, 11) is 0. The fourth-order valence-corrected chi connectivity index (χ4v) is 0.777. The zero-order valence-corrected chi connectivity index (χ0v) is 8.43. The maximum absolute atomic E-state index is 12.2. The minimum absolute atomic E-state index is 0.378. The number of carboxylic acid groups (broad SMARTS) is 1. The largest absolute Gasteiger partial charge is 0.481 e. The quantitative estimate of drug-likeness (QED) is 0.646. The molecule has 0 heterocycles. The van der Waals surface area contributed by atoms with Gasteiger partial charge in [0.1, 0.15) is 0 Å². The summed E-state index contributed by atoms with van der Waals surface area (Å²) in [6.07, 6.45) is -4.79. The van der Waals surface area contributed by atoms with E-state index in [1.807, 2.05) is 0 Å². The summed E-state index contributed by atoms with van der Waals surface area (Å²) in [4.78, 5) is 10.3. The topological polar surface area (TPSA) is 69.6 Å². The van der Waals surface area contributed by atoms with Crippen LogP contribution in [0.2, 0.25) is 0 Å². The van der Waals surface area contributed by atoms with Crippen LogP contribution < -0.4 is 5.32 Å². The zero-order valence-electron chi connectivity index (χ0n) is 8.43. The van der Waals surface area contributed by atoms with Crippen LogP contribution in [0.5, 0.6) is 0 Å². The smallest absolute Gasteiger partial charge is 0.403 e. The van der Waals surface area contributed by atoms with Crippen LogP contribution in [-0.2, 0) is 4.79 Å². The van der Waals surface area contributed by atoms with Crippen molar-refractivity contribution in [2.45, 2.75) is 25.6 Å². The molecule has 0 bridgehead atoms. The van der Waals surface area contributed by atoms with Crippen molar-refractivity contribution in [3.8, 4) is 0 Å². The van der Waals surface area contributed by atoms with Crippen LogP contribution in [0.15, 0.2) is 0 Å². The van der Waals surface area contributed by atoms with Crippen molar-refractivity contribution in [2.24, 2.45) is 5.92 Å². The van der Waals surface area contributed by atoms with Gasteiger partial charge in [-0.05, 0) is 13.8 Å². The molecule has 90 valence electrons. The lowest BCUT2D eigenvalue weighted by atomic mass is 10.0. The standard InChI is InChI=1S/C8H14F3NO3/c1-7(2,4-13)12-3-5(6(14)15)8(9,10)11/h5,12-13H,3-4H2,1-2H3,(H,14,15). The second-order valence-corrected chi connectivity index (χ2v) is 3.86. The first-order chi connectivity index (χ1) is 6.60. The number of carboxylic acids is 1. The number of hydrogen-bond donors (Lipinski definition) is 3. The van der Waals surface area contributed by atoms with Gasteiger partial charge in [-0.1, -0.05) is 0 Å². The molecule has 0 fully saturated rings. The number of carbonyl (C=O) groups is 1. The van der Waals surface area contributed by atoms with E-state index in [-0.39, 0.29) is 6.61 Å². The van der Waals surface area contributed by atoms with Gasteiger partial charge in [-0.25, -0.2) is 0 Å². The molecule has 1 unspecified atom stereocenters. The van der Waals surface area contributed by atoms with Crippen molar-refractivity contribution >= 4 is 5.97 Å². The summed E-state index contributed by atoms with van der Waals surface area (Å²) in [5.41, 5.74) is -0.932. The van der Waals surface area contributed by atoms with Gasteiger partial charge in [0.05, 0.1) is 6.61 Å². The van der Waals surface area contributed by atoms with Gasteiger partial charge in [0.25, 0.3) is 0 Å². The Morgan fingerprint density at radius 2 is 1.87 bits per heavy atom. The average Bonchev–Trinajstić information content (AvgIpc) is 2.01. The van der Waals surface area contributed by atoms with Crippen molar-refractivity contribution in [1.29, 1.82) is 0 Å². The number of aliphatic carboxylic acids is 1. The number of hydrogen-bond acceptors (Lipinski definition) is 3. The third-order valence-corrected chi connectivity index (χ3v) is 1.87. The maximum atomic E-state index is 12.2. The zero-order chi connectivity index (χ0) is 12.3. The second-order valence-electron chi connectivity index (χ2n) is 3.86. The molecule has 1 atom stereocenters. The molecule has 4 nitrogen and oxygen atoms in total. The molecule has 0 radical (unpaired) electrons. The number of halogens is 3. The van der Waals surface area contributed by atoms with Gasteiger partial charge in [0.15, 0.2) is 5.92 Å².